The van der Waals surface area contributed by atoms with Crippen LogP contribution in [0.3, 0.4) is 0 Å². The van der Waals surface area contributed by atoms with Crippen molar-refractivity contribution < 1.29 is 18.9 Å². The predicted octanol–water partition coefficient (Wildman–Crippen LogP) is 14.0. The summed E-state index contributed by atoms with van der Waals surface area (Å²) in [6.45, 7) is 2.61. The van der Waals surface area contributed by atoms with Gasteiger partial charge in [-0.15, -0.1) is 0 Å². The monoisotopic (exact) mass is 942 g/mol. The van der Waals surface area contributed by atoms with Crippen LogP contribution in [-0.4, -0.2) is 49.3 Å². The van der Waals surface area contributed by atoms with Crippen LogP contribution in [-0.2, 0) is 0 Å². The third-order valence-electron chi connectivity index (χ3n) is 12.2. The van der Waals surface area contributed by atoms with E-state index in [9.17, 15) is 0 Å². The van der Waals surface area contributed by atoms with E-state index in [0.29, 0.717) is 40.1 Å². The van der Waals surface area contributed by atoms with E-state index in [1.54, 1.807) is 0 Å². The van der Waals surface area contributed by atoms with Gasteiger partial charge in [-0.3, -0.25) is 16.2 Å². The molecule has 0 amide bonds. The Morgan fingerprint density at radius 1 is 0.333 bits per heavy atom. The smallest absolute Gasteiger partial charge is 0.119 e. The number of hydrogen-bond donors (Lipinski definition) is 3. The molecule has 3 N–H and O–H groups in total. The summed E-state index contributed by atoms with van der Waals surface area (Å²) in [6.07, 6.45) is 0. The minimum atomic E-state index is -0.916. The maximum absolute atomic E-state index is 8.83. The van der Waals surface area contributed by atoms with Crippen molar-refractivity contribution in [2.45, 2.75) is 6.92 Å². The molecule has 0 bridgehead atoms. The summed E-state index contributed by atoms with van der Waals surface area (Å²) < 4.78 is 26.7. The Labute approximate surface area is 421 Å². The second-order valence-corrected chi connectivity index (χ2v) is 17.6. The first-order valence-corrected chi connectivity index (χ1v) is 23.8. The van der Waals surface area contributed by atoms with Crippen LogP contribution in [0.1, 0.15) is 50.1 Å². The fourth-order valence-electron chi connectivity index (χ4n) is 8.09. The Balaban J connectivity index is 1.01. The number of benzene rings is 9. The van der Waals surface area contributed by atoms with Gasteiger partial charge >= 0.3 is 0 Å². The average Bonchev–Trinajstić information content (AvgIpc) is 3.45. The molecule has 354 valence electrons. The standard InChI is InChI=1S/C64H54N4O4/c1-46-15-14-24-55(41-46)68-63(53-22-12-5-13-23-53)54-31-39-59(40-32-54)72-45-64(42-69-56-33-25-50(26-34-56)60(65)47-16-6-2-7-17-47,43-70-57-35-27-51(28-36-57)61(66)48-18-8-3-9-19-48)44-71-58-37-29-52(30-38-58)62(67)49-20-10-4-11-21-49/h2-41,65-67H,42-45H2,1H3. The van der Waals surface area contributed by atoms with E-state index in [-0.39, 0.29) is 26.4 Å². The number of rotatable bonds is 21. The second-order valence-electron chi connectivity index (χ2n) is 17.6. The van der Waals surface area contributed by atoms with E-state index in [2.05, 4.69) is 31.2 Å². The first-order valence-electron chi connectivity index (χ1n) is 23.8. The van der Waals surface area contributed by atoms with Crippen molar-refractivity contribution in [3.05, 3.63) is 293 Å². The third kappa shape index (κ3) is 12.4. The molecule has 9 aromatic rings. The molecule has 0 fully saturated rings. The van der Waals surface area contributed by atoms with E-state index >= 15 is 0 Å². The number of ether oxygens (including phenoxy) is 4. The number of hydrogen-bond acceptors (Lipinski definition) is 8. The Kier molecular flexibility index (Phi) is 15.3. The van der Waals surface area contributed by atoms with E-state index in [0.717, 1.165) is 61.5 Å². The van der Waals surface area contributed by atoms with Gasteiger partial charge in [0, 0.05) is 27.8 Å². The first-order chi connectivity index (χ1) is 35.3. The fraction of sp³-hybridized carbons (Fsp3) is 0.0938. The van der Waals surface area contributed by atoms with Crippen molar-refractivity contribution in [2.24, 2.45) is 10.4 Å². The van der Waals surface area contributed by atoms with E-state index in [1.165, 1.54) is 0 Å². The molecule has 0 aromatic heterocycles. The number of aliphatic imine (C=N–C) groups is 1. The van der Waals surface area contributed by atoms with E-state index in [1.807, 2.05) is 218 Å². The molecule has 9 aromatic carbocycles. The van der Waals surface area contributed by atoms with Gasteiger partial charge in [-0.1, -0.05) is 133 Å². The van der Waals surface area contributed by atoms with Crippen molar-refractivity contribution in [3.8, 4) is 23.0 Å². The van der Waals surface area contributed by atoms with Crippen LogP contribution in [0.2, 0.25) is 0 Å². The first kappa shape index (κ1) is 47.9. The molecule has 0 saturated carbocycles. The summed E-state index contributed by atoms with van der Waals surface area (Å²) in [7, 11) is 0. The van der Waals surface area contributed by atoms with Crippen molar-refractivity contribution in [3.63, 3.8) is 0 Å². The minimum Gasteiger partial charge on any atom is -0.493 e. The molecule has 0 atom stereocenters. The van der Waals surface area contributed by atoms with Gasteiger partial charge in [-0.2, -0.15) is 0 Å². The van der Waals surface area contributed by atoms with Gasteiger partial charge in [0.05, 0.1) is 28.5 Å². The van der Waals surface area contributed by atoms with Crippen LogP contribution in [0, 0.1) is 28.6 Å². The van der Waals surface area contributed by atoms with E-state index < -0.39 is 5.41 Å². The molecule has 0 aliphatic heterocycles. The molecule has 8 nitrogen and oxygen atoms in total. The van der Waals surface area contributed by atoms with Gasteiger partial charge in [-0.25, -0.2) is 4.99 Å². The summed E-state index contributed by atoms with van der Waals surface area (Å²) >= 11 is 0. The highest BCUT2D eigenvalue weighted by atomic mass is 16.5. The molecule has 8 heteroatoms. The predicted molar refractivity (Wildman–Crippen MR) is 290 cm³/mol. The topological polar surface area (TPSA) is 121 Å². The zero-order valence-corrected chi connectivity index (χ0v) is 40.0. The molecule has 0 saturated heterocycles. The van der Waals surface area contributed by atoms with Gasteiger partial charge in [0.15, 0.2) is 0 Å². The fourth-order valence-corrected chi connectivity index (χ4v) is 8.09. The average molecular weight is 943 g/mol. The van der Waals surface area contributed by atoms with E-state index in [4.69, 9.17) is 40.2 Å². The highest BCUT2D eigenvalue weighted by Crippen LogP contribution is 2.29. The lowest BCUT2D eigenvalue weighted by Crippen LogP contribution is -2.45. The highest BCUT2D eigenvalue weighted by Gasteiger charge is 2.36. The van der Waals surface area contributed by atoms with Gasteiger partial charge < -0.3 is 18.9 Å². The normalized spacial score (nSPS) is 12.0. The van der Waals surface area contributed by atoms with Crippen molar-refractivity contribution in [2.75, 3.05) is 26.4 Å². The van der Waals surface area contributed by atoms with Crippen LogP contribution >= 0.6 is 0 Å². The molecule has 0 heterocycles. The Morgan fingerprint density at radius 3 is 0.931 bits per heavy atom. The quantitative estimate of drug-likeness (QED) is 0.0621. The summed E-state index contributed by atoms with van der Waals surface area (Å²) in [5.41, 5.74) is 9.92. The third-order valence-corrected chi connectivity index (χ3v) is 12.2. The SMILES string of the molecule is Cc1cccc(N=C(c2ccccc2)c2ccc(OCC(COc3ccc(C(=N)c4ccccc4)cc3)(COc3ccc(C(=N)c4ccccc4)cc3)COc3ccc(C(=N)c4ccccc4)cc3)cc2)c1. The molecular weight excluding hydrogens is 889 g/mol. The zero-order chi connectivity index (χ0) is 49.5. The van der Waals surface area contributed by atoms with Crippen molar-refractivity contribution in [1.82, 2.24) is 0 Å². The summed E-state index contributed by atoms with van der Waals surface area (Å²) in [6, 6.07) is 77.9. The maximum Gasteiger partial charge on any atom is 0.119 e. The van der Waals surface area contributed by atoms with Gasteiger partial charge in [0.25, 0.3) is 0 Å². The Morgan fingerprint density at radius 2 is 0.611 bits per heavy atom. The lowest BCUT2D eigenvalue weighted by molar-refractivity contribution is -0.00351. The Bertz CT molecular complexity index is 3020. The molecule has 0 aliphatic carbocycles. The van der Waals surface area contributed by atoms with Crippen LogP contribution in [0.25, 0.3) is 0 Å². The van der Waals surface area contributed by atoms with Gasteiger partial charge in [0.1, 0.15) is 54.8 Å². The highest BCUT2D eigenvalue weighted by molar-refractivity contribution is 6.14. The van der Waals surface area contributed by atoms with Crippen LogP contribution in [0.4, 0.5) is 5.69 Å². The van der Waals surface area contributed by atoms with Crippen molar-refractivity contribution in [1.29, 1.82) is 16.2 Å². The number of nitrogens with zero attached hydrogens (tertiary/aromatic N) is 1. The second kappa shape index (κ2) is 23.0. The van der Waals surface area contributed by atoms with Gasteiger partial charge in [-0.05, 0) is 138 Å². The van der Waals surface area contributed by atoms with Gasteiger partial charge in [0.2, 0.25) is 0 Å². The molecule has 0 spiro atoms. The molecule has 0 unspecified atom stereocenters. The lowest BCUT2D eigenvalue weighted by atomic mass is 9.91. The summed E-state index contributed by atoms with van der Waals surface area (Å²) in [5.74, 6) is 2.48. The largest absolute Gasteiger partial charge is 0.493 e. The minimum absolute atomic E-state index is 0.134. The molecule has 9 rings (SSSR count). The molecule has 0 radical (unpaired) electrons. The zero-order valence-electron chi connectivity index (χ0n) is 40.0. The Hall–Kier alpha value is -9.14. The van der Waals surface area contributed by atoms with Crippen molar-refractivity contribution >= 4 is 28.5 Å². The molecule has 72 heavy (non-hydrogen) atoms. The van der Waals surface area contributed by atoms with Crippen LogP contribution in [0.5, 0.6) is 23.0 Å². The summed E-state index contributed by atoms with van der Waals surface area (Å²) in [4.78, 5) is 5.12. The molecular formula is C64H54N4O4. The van der Waals surface area contributed by atoms with Crippen LogP contribution in [0.15, 0.2) is 248 Å². The summed E-state index contributed by atoms with van der Waals surface area (Å²) in [5, 5.41) is 26.5. The number of aryl methyl sites for hydroxylation is 1. The molecule has 0 aliphatic rings. The maximum atomic E-state index is 8.83. The number of nitrogens with one attached hydrogen (secondary N) is 3. The lowest BCUT2D eigenvalue weighted by Gasteiger charge is -2.33. The van der Waals surface area contributed by atoms with Crippen LogP contribution < -0.4 is 18.9 Å².